The molecule has 0 saturated carbocycles. The summed E-state index contributed by atoms with van der Waals surface area (Å²) in [5.41, 5.74) is -0.341. The van der Waals surface area contributed by atoms with Crippen LogP contribution < -0.4 is 4.74 Å². The van der Waals surface area contributed by atoms with Crippen LogP contribution in [0.2, 0.25) is 0 Å². The Bertz CT molecular complexity index is 496. The number of hydrogen-bond donors (Lipinski definition) is 0. The van der Waals surface area contributed by atoms with Crippen LogP contribution in [0.25, 0.3) is 6.08 Å². The molecule has 0 aromatic heterocycles. The second kappa shape index (κ2) is 7.38. The first-order valence-corrected chi connectivity index (χ1v) is 6.88. The molecule has 0 bridgehead atoms. The van der Waals surface area contributed by atoms with Crippen LogP contribution >= 0.6 is 11.8 Å². The average Bonchev–Trinajstić information content (AvgIpc) is 2.36. The first-order chi connectivity index (χ1) is 9.34. The van der Waals surface area contributed by atoms with Crippen LogP contribution in [0, 0.1) is 0 Å². The molecule has 2 nitrogen and oxygen atoms in total. The van der Waals surface area contributed by atoms with Gasteiger partial charge in [-0.1, -0.05) is 30.0 Å². The highest BCUT2D eigenvalue weighted by Crippen LogP contribution is 2.36. The third-order valence-corrected chi connectivity index (χ3v) is 3.28. The molecule has 0 unspecified atom stereocenters. The Kier molecular flexibility index (Phi) is 6.13. The standard InChI is InChI=1S/C14H15F3O2S/c1-10(18)20-8-4-3-5-11-6-7-13(19-2)12(9-11)14(15,16)17/h3,5-7,9H,4,8H2,1-2H3. The van der Waals surface area contributed by atoms with Crippen molar-refractivity contribution in [3.8, 4) is 5.75 Å². The Balaban J connectivity index is 2.77. The van der Waals surface area contributed by atoms with Crippen molar-refractivity contribution in [2.24, 2.45) is 0 Å². The zero-order valence-electron chi connectivity index (χ0n) is 11.2. The van der Waals surface area contributed by atoms with E-state index in [1.807, 2.05) is 0 Å². The van der Waals surface area contributed by atoms with Crippen LogP contribution in [-0.2, 0) is 11.0 Å². The molecule has 1 aromatic carbocycles. The molecule has 1 rings (SSSR count). The molecule has 110 valence electrons. The third-order valence-electron chi connectivity index (χ3n) is 2.43. The van der Waals surface area contributed by atoms with E-state index in [4.69, 9.17) is 4.74 Å². The van der Waals surface area contributed by atoms with Gasteiger partial charge in [-0.15, -0.1) is 0 Å². The third kappa shape index (κ3) is 5.28. The summed E-state index contributed by atoms with van der Waals surface area (Å²) in [7, 11) is 1.21. The van der Waals surface area contributed by atoms with Crippen LogP contribution in [0.1, 0.15) is 24.5 Å². The maximum atomic E-state index is 12.8. The van der Waals surface area contributed by atoms with Gasteiger partial charge in [0.05, 0.1) is 12.7 Å². The second-order valence-corrected chi connectivity index (χ2v) is 5.26. The number of alkyl halides is 3. The number of methoxy groups -OCH3 is 1. The van der Waals surface area contributed by atoms with Crippen LogP contribution in [0.4, 0.5) is 13.2 Å². The fourth-order valence-corrected chi connectivity index (χ4v) is 2.08. The smallest absolute Gasteiger partial charge is 0.419 e. The van der Waals surface area contributed by atoms with Gasteiger partial charge in [-0.25, -0.2) is 0 Å². The minimum absolute atomic E-state index is 0.0298. The quantitative estimate of drug-likeness (QED) is 0.754. The minimum Gasteiger partial charge on any atom is -0.496 e. The van der Waals surface area contributed by atoms with Crippen LogP contribution in [-0.4, -0.2) is 18.0 Å². The van der Waals surface area contributed by atoms with E-state index in [1.54, 1.807) is 18.2 Å². The molecule has 0 heterocycles. The zero-order valence-corrected chi connectivity index (χ0v) is 12.0. The molecular formula is C14H15F3O2S. The van der Waals surface area contributed by atoms with E-state index >= 15 is 0 Å². The maximum Gasteiger partial charge on any atom is 0.419 e. The molecular weight excluding hydrogens is 289 g/mol. The predicted octanol–water partition coefficient (Wildman–Crippen LogP) is 4.40. The molecule has 0 N–H and O–H groups in total. The summed E-state index contributed by atoms with van der Waals surface area (Å²) < 4.78 is 43.1. The topological polar surface area (TPSA) is 26.3 Å². The number of allylic oxidation sites excluding steroid dienone is 1. The molecule has 0 aliphatic rings. The monoisotopic (exact) mass is 304 g/mol. The SMILES string of the molecule is COc1ccc(C=CCCSC(C)=O)cc1C(F)(F)F. The summed E-state index contributed by atoms with van der Waals surface area (Å²) in [5.74, 6) is 0.426. The van der Waals surface area contributed by atoms with Crippen molar-refractivity contribution in [3.63, 3.8) is 0 Å². The summed E-state index contributed by atoms with van der Waals surface area (Å²) in [5, 5.41) is 0.0298. The average molecular weight is 304 g/mol. The van der Waals surface area contributed by atoms with E-state index in [0.29, 0.717) is 17.7 Å². The summed E-state index contributed by atoms with van der Waals surface area (Å²) in [6.07, 6.45) is -0.468. The van der Waals surface area contributed by atoms with Crippen LogP contribution in [0.5, 0.6) is 5.75 Å². The van der Waals surface area contributed by atoms with Gasteiger partial charge in [0.1, 0.15) is 5.75 Å². The predicted molar refractivity (Wildman–Crippen MR) is 74.8 cm³/mol. The van der Waals surface area contributed by atoms with Crippen molar-refractivity contribution in [2.75, 3.05) is 12.9 Å². The molecule has 0 radical (unpaired) electrons. The molecule has 0 atom stereocenters. The van der Waals surface area contributed by atoms with E-state index in [9.17, 15) is 18.0 Å². The first-order valence-electron chi connectivity index (χ1n) is 5.89. The number of carbonyl (C=O) groups is 1. The lowest BCUT2D eigenvalue weighted by atomic mass is 10.1. The van der Waals surface area contributed by atoms with Gasteiger partial charge in [0.25, 0.3) is 0 Å². The van der Waals surface area contributed by atoms with Crippen molar-refractivity contribution >= 4 is 23.0 Å². The Hall–Kier alpha value is -1.43. The largest absolute Gasteiger partial charge is 0.496 e. The molecule has 0 spiro atoms. The van der Waals surface area contributed by atoms with Gasteiger partial charge in [0.2, 0.25) is 0 Å². The van der Waals surface area contributed by atoms with Crippen molar-refractivity contribution in [1.82, 2.24) is 0 Å². The molecule has 20 heavy (non-hydrogen) atoms. The molecule has 0 aliphatic heterocycles. The maximum absolute atomic E-state index is 12.8. The minimum atomic E-state index is -4.44. The highest BCUT2D eigenvalue weighted by atomic mass is 32.2. The number of thioether (sulfide) groups is 1. The summed E-state index contributed by atoms with van der Waals surface area (Å²) in [6, 6.07) is 3.91. The van der Waals surface area contributed by atoms with Gasteiger partial charge >= 0.3 is 6.18 Å². The lowest BCUT2D eigenvalue weighted by Crippen LogP contribution is -2.07. The molecule has 0 saturated heterocycles. The van der Waals surface area contributed by atoms with Gasteiger partial charge in [-0.05, 0) is 24.1 Å². The molecule has 0 amide bonds. The summed E-state index contributed by atoms with van der Waals surface area (Å²) in [6.45, 7) is 1.48. The molecule has 1 aromatic rings. The Morgan fingerprint density at radius 3 is 2.65 bits per heavy atom. The van der Waals surface area contributed by atoms with Crippen molar-refractivity contribution in [2.45, 2.75) is 19.5 Å². The van der Waals surface area contributed by atoms with Gasteiger partial charge < -0.3 is 4.74 Å². The fraction of sp³-hybridized carbons (Fsp3) is 0.357. The van der Waals surface area contributed by atoms with Crippen molar-refractivity contribution in [3.05, 3.63) is 35.4 Å². The normalized spacial score (nSPS) is 11.8. The Labute approximate surface area is 120 Å². The number of carbonyl (C=O) groups excluding carboxylic acids is 1. The van der Waals surface area contributed by atoms with Gasteiger partial charge in [-0.3, -0.25) is 4.79 Å². The fourth-order valence-electron chi connectivity index (χ4n) is 1.54. The van der Waals surface area contributed by atoms with Crippen LogP contribution in [0.3, 0.4) is 0 Å². The van der Waals surface area contributed by atoms with E-state index in [-0.39, 0.29) is 10.9 Å². The number of ether oxygens (including phenoxy) is 1. The van der Waals surface area contributed by atoms with Crippen molar-refractivity contribution < 1.29 is 22.7 Å². The van der Waals surface area contributed by atoms with E-state index in [1.165, 1.54) is 31.9 Å². The zero-order chi connectivity index (χ0) is 15.2. The molecule has 0 aliphatic carbocycles. The number of halogens is 3. The summed E-state index contributed by atoms with van der Waals surface area (Å²) >= 11 is 1.19. The highest BCUT2D eigenvalue weighted by Gasteiger charge is 2.34. The van der Waals surface area contributed by atoms with Gasteiger partial charge in [0.15, 0.2) is 5.12 Å². The van der Waals surface area contributed by atoms with Gasteiger partial charge in [-0.2, -0.15) is 13.2 Å². The first kappa shape index (κ1) is 16.6. The molecule has 6 heteroatoms. The summed E-state index contributed by atoms with van der Waals surface area (Å²) in [4.78, 5) is 10.7. The van der Waals surface area contributed by atoms with Crippen LogP contribution in [0.15, 0.2) is 24.3 Å². The highest BCUT2D eigenvalue weighted by molar-refractivity contribution is 8.13. The van der Waals surface area contributed by atoms with E-state index < -0.39 is 11.7 Å². The van der Waals surface area contributed by atoms with Gasteiger partial charge in [0, 0.05) is 12.7 Å². The number of rotatable bonds is 5. The Morgan fingerprint density at radius 2 is 2.10 bits per heavy atom. The van der Waals surface area contributed by atoms with E-state index in [0.717, 1.165) is 6.07 Å². The molecule has 0 fully saturated rings. The van der Waals surface area contributed by atoms with Crippen molar-refractivity contribution in [1.29, 1.82) is 0 Å². The lowest BCUT2D eigenvalue weighted by molar-refractivity contribution is -0.138. The second-order valence-electron chi connectivity index (χ2n) is 3.99. The number of hydrogen-bond acceptors (Lipinski definition) is 3. The van der Waals surface area contributed by atoms with E-state index in [2.05, 4.69) is 0 Å². The lowest BCUT2D eigenvalue weighted by Gasteiger charge is -2.12. The Morgan fingerprint density at radius 1 is 1.40 bits per heavy atom. The number of benzene rings is 1.